The Hall–Kier alpha value is -0.200. The highest BCUT2D eigenvalue weighted by Gasteiger charge is 2.42. The van der Waals surface area contributed by atoms with Crippen LogP contribution in [0.2, 0.25) is 0 Å². The van der Waals surface area contributed by atoms with Gasteiger partial charge in [0.15, 0.2) is 6.29 Å². The predicted molar refractivity (Wildman–Crippen MR) is 67.1 cm³/mol. The van der Waals surface area contributed by atoms with Crippen LogP contribution in [-0.4, -0.2) is 53.1 Å². The third kappa shape index (κ3) is 4.82. The molecule has 5 heteroatoms. The molecule has 18 heavy (non-hydrogen) atoms. The van der Waals surface area contributed by atoms with Gasteiger partial charge in [-0.2, -0.15) is 0 Å². The van der Waals surface area contributed by atoms with Gasteiger partial charge in [-0.1, -0.05) is 39.0 Å². The molecule has 1 heterocycles. The molecule has 0 aromatic carbocycles. The lowest BCUT2D eigenvalue weighted by atomic mass is 10.1. The van der Waals surface area contributed by atoms with Crippen LogP contribution in [-0.2, 0) is 9.47 Å². The van der Waals surface area contributed by atoms with Crippen LogP contribution in [0.3, 0.4) is 0 Å². The molecule has 1 aliphatic heterocycles. The van der Waals surface area contributed by atoms with Crippen LogP contribution < -0.4 is 0 Å². The number of hydrogen-bond donors (Lipinski definition) is 3. The lowest BCUT2D eigenvalue weighted by molar-refractivity contribution is -0.169. The molecule has 0 aromatic heterocycles. The lowest BCUT2D eigenvalue weighted by Crippen LogP contribution is -2.34. The van der Waals surface area contributed by atoms with E-state index in [1.165, 1.54) is 25.7 Å². The number of unbranched alkanes of at least 4 members (excludes halogenated alkanes) is 5. The summed E-state index contributed by atoms with van der Waals surface area (Å²) >= 11 is 0. The van der Waals surface area contributed by atoms with Crippen molar-refractivity contribution in [2.45, 2.75) is 70.1 Å². The highest BCUT2D eigenvalue weighted by Crippen LogP contribution is 2.22. The molecular weight excluding hydrogens is 236 g/mol. The Morgan fingerprint density at radius 3 is 2.28 bits per heavy atom. The first-order valence-electron chi connectivity index (χ1n) is 6.94. The fraction of sp³-hybridized carbons (Fsp3) is 1.00. The molecule has 1 rings (SSSR count). The zero-order valence-corrected chi connectivity index (χ0v) is 11.1. The smallest absolute Gasteiger partial charge is 0.186 e. The molecule has 0 radical (unpaired) electrons. The zero-order valence-electron chi connectivity index (χ0n) is 11.1. The summed E-state index contributed by atoms with van der Waals surface area (Å²) in [6, 6.07) is 0. The van der Waals surface area contributed by atoms with Crippen LogP contribution in [0.25, 0.3) is 0 Å². The molecule has 1 fully saturated rings. The molecule has 108 valence electrons. The minimum atomic E-state index is -1.07. The summed E-state index contributed by atoms with van der Waals surface area (Å²) < 4.78 is 10.6. The van der Waals surface area contributed by atoms with Crippen molar-refractivity contribution in [3.05, 3.63) is 0 Å². The van der Waals surface area contributed by atoms with Crippen LogP contribution in [0.4, 0.5) is 0 Å². The maximum Gasteiger partial charge on any atom is 0.186 e. The van der Waals surface area contributed by atoms with E-state index in [0.717, 1.165) is 12.8 Å². The fourth-order valence-electron chi connectivity index (χ4n) is 2.08. The molecule has 0 aromatic rings. The third-order valence-corrected chi connectivity index (χ3v) is 3.28. The summed E-state index contributed by atoms with van der Waals surface area (Å²) in [5.74, 6) is 0. The van der Waals surface area contributed by atoms with Crippen molar-refractivity contribution in [3.63, 3.8) is 0 Å². The molecule has 0 aliphatic carbocycles. The summed E-state index contributed by atoms with van der Waals surface area (Å²) in [5.41, 5.74) is 0. The van der Waals surface area contributed by atoms with E-state index in [4.69, 9.17) is 14.6 Å². The van der Waals surface area contributed by atoms with Crippen LogP contribution in [0.1, 0.15) is 45.4 Å². The first-order valence-corrected chi connectivity index (χ1v) is 6.94. The summed E-state index contributed by atoms with van der Waals surface area (Å²) in [4.78, 5) is 0. The minimum Gasteiger partial charge on any atom is -0.394 e. The van der Waals surface area contributed by atoms with Crippen molar-refractivity contribution >= 4 is 0 Å². The third-order valence-electron chi connectivity index (χ3n) is 3.28. The average molecular weight is 262 g/mol. The largest absolute Gasteiger partial charge is 0.394 e. The molecule has 4 atom stereocenters. The molecule has 3 N–H and O–H groups in total. The second-order valence-corrected chi connectivity index (χ2v) is 4.85. The van der Waals surface area contributed by atoms with Gasteiger partial charge in [0.1, 0.15) is 18.3 Å². The molecule has 0 saturated carbocycles. The highest BCUT2D eigenvalue weighted by atomic mass is 16.7. The summed E-state index contributed by atoms with van der Waals surface area (Å²) in [5, 5.41) is 28.0. The fourth-order valence-corrected chi connectivity index (χ4v) is 2.08. The monoisotopic (exact) mass is 262 g/mol. The van der Waals surface area contributed by atoms with Crippen molar-refractivity contribution < 1.29 is 24.8 Å². The van der Waals surface area contributed by atoms with E-state index < -0.39 is 24.6 Å². The second kappa shape index (κ2) is 8.82. The number of hydrogen-bond acceptors (Lipinski definition) is 5. The van der Waals surface area contributed by atoms with E-state index in [2.05, 4.69) is 6.92 Å². The van der Waals surface area contributed by atoms with E-state index in [9.17, 15) is 10.2 Å². The first-order chi connectivity index (χ1) is 8.70. The summed E-state index contributed by atoms with van der Waals surface area (Å²) in [7, 11) is 0. The molecule has 0 amide bonds. The van der Waals surface area contributed by atoms with Crippen molar-refractivity contribution in [2.75, 3.05) is 13.2 Å². The Kier molecular flexibility index (Phi) is 7.77. The maximum atomic E-state index is 9.62. The molecule has 5 nitrogen and oxygen atoms in total. The van der Waals surface area contributed by atoms with Crippen LogP contribution in [0, 0.1) is 0 Å². The quantitative estimate of drug-likeness (QED) is 0.536. The van der Waals surface area contributed by atoms with Gasteiger partial charge in [0.25, 0.3) is 0 Å². The number of aliphatic hydroxyl groups excluding tert-OH is 3. The van der Waals surface area contributed by atoms with E-state index in [1.807, 2.05) is 0 Å². The van der Waals surface area contributed by atoms with Crippen LogP contribution in [0.15, 0.2) is 0 Å². The molecule has 0 bridgehead atoms. The van der Waals surface area contributed by atoms with Gasteiger partial charge in [0.2, 0.25) is 0 Å². The Balaban J connectivity index is 2.05. The Morgan fingerprint density at radius 1 is 1.00 bits per heavy atom. The first kappa shape index (κ1) is 15.9. The van der Waals surface area contributed by atoms with Gasteiger partial charge in [-0.3, -0.25) is 0 Å². The number of ether oxygens (including phenoxy) is 2. The van der Waals surface area contributed by atoms with Crippen molar-refractivity contribution in [3.8, 4) is 0 Å². The van der Waals surface area contributed by atoms with Crippen LogP contribution in [0.5, 0.6) is 0 Å². The van der Waals surface area contributed by atoms with E-state index >= 15 is 0 Å². The average Bonchev–Trinajstić information content (AvgIpc) is 2.65. The SMILES string of the molecule is CCCCCCCCO[C@@H]1O[C@H](CO)[C@@H](O)[C@@H]1O. The topological polar surface area (TPSA) is 79.2 Å². The Bertz CT molecular complexity index is 212. The summed E-state index contributed by atoms with van der Waals surface area (Å²) in [6.45, 7) is 2.39. The van der Waals surface area contributed by atoms with Gasteiger partial charge in [-0.15, -0.1) is 0 Å². The van der Waals surface area contributed by atoms with Crippen LogP contribution >= 0.6 is 0 Å². The minimum absolute atomic E-state index is 0.310. The number of aliphatic hydroxyl groups is 3. The van der Waals surface area contributed by atoms with Crippen molar-refractivity contribution in [1.29, 1.82) is 0 Å². The van der Waals surface area contributed by atoms with E-state index in [1.54, 1.807) is 0 Å². The maximum absolute atomic E-state index is 9.62. The lowest BCUT2D eigenvalue weighted by Gasteiger charge is -2.15. The van der Waals surface area contributed by atoms with Gasteiger partial charge in [-0.25, -0.2) is 0 Å². The van der Waals surface area contributed by atoms with Gasteiger partial charge in [0.05, 0.1) is 6.61 Å². The molecule has 1 saturated heterocycles. The number of rotatable bonds is 9. The predicted octanol–water partition coefficient (Wildman–Crippen LogP) is 0.802. The summed E-state index contributed by atoms with van der Waals surface area (Å²) in [6.07, 6.45) is 3.31. The van der Waals surface area contributed by atoms with Gasteiger partial charge in [0, 0.05) is 6.61 Å². The van der Waals surface area contributed by atoms with E-state index in [-0.39, 0.29) is 6.61 Å². The molecule has 0 spiro atoms. The highest BCUT2D eigenvalue weighted by molar-refractivity contribution is 4.86. The van der Waals surface area contributed by atoms with Crippen molar-refractivity contribution in [1.82, 2.24) is 0 Å². The molecule has 1 aliphatic rings. The van der Waals surface area contributed by atoms with Gasteiger partial charge < -0.3 is 24.8 Å². The second-order valence-electron chi connectivity index (χ2n) is 4.85. The normalized spacial score (nSPS) is 32.0. The van der Waals surface area contributed by atoms with Gasteiger partial charge >= 0.3 is 0 Å². The van der Waals surface area contributed by atoms with Gasteiger partial charge in [-0.05, 0) is 6.42 Å². The molecule has 0 unspecified atom stereocenters. The molecular formula is C13H26O5. The Labute approximate surface area is 109 Å². The Morgan fingerprint density at radius 2 is 1.67 bits per heavy atom. The standard InChI is InChI=1S/C13H26O5/c1-2-3-4-5-6-7-8-17-13-12(16)11(15)10(9-14)18-13/h10-16H,2-9H2,1H3/t10-,11-,12+,13-/m1/s1. The van der Waals surface area contributed by atoms with E-state index in [0.29, 0.717) is 6.61 Å². The van der Waals surface area contributed by atoms with Crippen molar-refractivity contribution in [2.24, 2.45) is 0 Å². The zero-order chi connectivity index (χ0) is 13.4.